The highest BCUT2D eigenvalue weighted by atomic mass is 35.5. The van der Waals surface area contributed by atoms with Crippen LogP contribution in [-0.2, 0) is 0 Å². The summed E-state index contributed by atoms with van der Waals surface area (Å²) in [5.41, 5.74) is 5.54. The highest BCUT2D eigenvalue weighted by Crippen LogP contribution is 2.33. The van der Waals surface area contributed by atoms with E-state index in [1.807, 2.05) is 12.3 Å². The van der Waals surface area contributed by atoms with Crippen molar-refractivity contribution in [1.29, 1.82) is 0 Å². The third kappa shape index (κ3) is 2.44. The molecule has 2 atom stereocenters. The van der Waals surface area contributed by atoms with Crippen molar-refractivity contribution in [3.05, 3.63) is 21.3 Å². The van der Waals surface area contributed by atoms with E-state index in [-0.39, 0.29) is 5.92 Å². The Balaban J connectivity index is 2.77. The first-order valence-corrected chi connectivity index (χ1v) is 5.57. The largest absolute Gasteiger partial charge is 0.387 e. The lowest BCUT2D eigenvalue weighted by molar-refractivity contribution is 0.113. The van der Waals surface area contributed by atoms with Gasteiger partial charge in [-0.1, -0.05) is 18.5 Å². The molecular formula is C9H14ClNOS. The standard InChI is InChI=1S/C9H14ClNOS/c1-2-6(5-11)8(12)9-7(10)3-4-13-9/h3-4,6,8,12H,2,5,11H2,1H3. The number of hydrogen-bond acceptors (Lipinski definition) is 3. The van der Waals surface area contributed by atoms with Crippen LogP contribution in [0.4, 0.5) is 0 Å². The lowest BCUT2D eigenvalue weighted by Crippen LogP contribution is -2.20. The number of halogens is 1. The van der Waals surface area contributed by atoms with Crippen LogP contribution < -0.4 is 5.73 Å². The second kappa shape index (κ2) is 4.96. The van der Waals surface area contributed by atoms with Gasteiger partial charge in [0.1, 0.15) is 0 Å². The molecule has 0 bridgehead atoms. The van der Waals surface area contributed by atoms with Crippen molar-refractivity contribution < 1.29 is 5.11 Å². The van der Waals surface area contributed by atoms with Crippen LogP contribution in [0.3, 0.4) is 0 Å². The van der Waals surface area contributed by atoms with E-state index in [1.54, 1.807) is 6.07 Å². The number of aliphatic hydroxyl groups excluding tert-OH is 1. The van der Waals surface area contributed by atoms with Crippen LogP contribution >= 0.6 is 22.9 Å². The maximum atomic E-state index is 9.90. The summed E-state index contributed by atoms with van der Waals surface area (Å²) in [5.74, 6) is 0.108. The molecule has 0 saturated carbocycles. The molecule has 0 saturated heterocycles. The zero-order valence-corrected chi connectivity index (χ0v) is 9.11. The maximum absolute atomic E-state index is 9.90. The lowest BCUT2D eigenvalue weighted by Gasteiger charge is -2.18. The summed E-state index contributed by atoms with van der Waals surface area (Å²) in [4.78, 5) is 0.832. The molecule has 1 heterocycles. The highest BCUT2D eigenvalue weighted by molar-refractivity contribution is 7.10. The van der Waals surface area contributed by atoms with E-state index in [4.69, 9.17) is 17.3 Å². The number of aliphatic hydroxyl groups is 1. The third-order valence-electron chi connectivity index (χ3n) is 2.19. The first kappa shape index (κ1) is 11.0. The van der Waals surface area contributed by atoms with Gasteiger partial charge in [-0.05, 0) is 24.4 Å². The predicted octanol–water partition coefficient (Wildman–Crippen LogP) is 2.42. The molecule has 1 aromatic rings. The number of thiophene rings is 1. The van der Waals surface area contributed by atoms with E-state index in [9.17, 15) is 5.11 Å². The van der Waals surface area contributed by atoms with Gasteiger partial charge in [0.25, 0.3) is 0 Å². The molecule has 74 valence electrons. The molecule has 1 aromatic heterocycles. The van der Waals surface area contributed by atoms with Crippen molar-refractivity contribution in [2.45, 2.75) is 19.4 Å². The predicted molar refractivity (Wildman–Crippen MR) is 57.1 cm³/mol. The van der Waals surface area contributed by atoms with Gasteiger partial charge >= 0.3 is 0 Å². The molecule has 1 rings (SSSR count). The molecule has 0 aliphatic heterocycles. The Hall–Kier alpha value is -0.0900. The van der Waals surface area contributed by atoms with Gasteiger partial charge in [-0.3, -0.25) is 0 Å². The van der Waals surface area contributed by atoms with Crippen LogP contribution in [0.15, 0.2) is 11.4 Å². The minimum atomic E-state index is -0.512. The Bertz CT molecular complexity index is 260. The summed E-state index contributed by atoms with van der Waals surface area (Å²) in [5, 5.41) is 12.4. The molecular weight excluding hydrogens is 206 g/mol. The van der Waals surface area contributed by atoms with Crippen molar-refractivity contribution >= 4 is 22.9 Å². The van der Waals surface area contributed by atoms with Gasteiger partial charge in [0.05, 0.1) is 16.0 Å². The van der Waals surface area contributed by atoms with E-state index in [0.29, 0.717) is 11.6 Å². The van der Waals surface area contributed by atoms with E-state index < -0.39 is 6.10 Å². The Morgan fingerprint density at radius 2 is 2.38 bits per heavy atom. The van der Waals surface area contributed by atoms with Gasteiger partial charge in [-0.15, -0.1) is 11.3 Å². The molecule has 0 fully saturated rings. The minimum absolute atomic E-state index is 0.108. The van der Waals surface area contributed by atoms with Crippen LogP contribution in [-0.4, -0.2) is 11.7 Å². The zero-order chi connectivity index (χ0) is 9.84. The van der Waals surface area contributed by atoms with Crippen molar-refractivity contribution in [2.24, 2.45) is 11.7 Å². The summed E-state index contributed by atoms with van der Waals surface area (Å²) in [7, 11) is 0. The number of nitrogens with two attached hydrogens (primary N) is 1. The van der Waals surface area contributed by atoms with E-state index >= 15 is 0 Å². The molecule has 3 N–H and O–H groups in total. The second-order valence-corrected chi connectivity index (χ2v) is 4.34. The summed E-state index contributed by atoms with van der Waals surface area (Å²) in [6.45, 7) is 2.51. The van der Waals surface area contributed by atoms with Crippen LogP contribution in [0, 0.1) is 5.92 Å². The van der Waals surface area contributed by atoms with E-state index in [0.717, 1.165) is 11.3 Å². The fraction of sp³-hybridized carbons (Fsp3) is 0.556. The lowest BCUT2D eigenvalue weighted by atomic mass is 9.98. The Morgan fingerprint density at radius 1 is 1.69 bits per heavy atom. The van der Waals surface area contributed by atoms with Crippen molar-refractivity contribution in [1.82, 2.24) is 0 Å². The molecule has 0 aliphatic carbocycles. The van der Waals surface area contributed by atoms with E-state index in [2.05, 4.69) is 0 Å². The molecule has 0 spiro atoms. The fourth-order valence-corrected chi connectivity index (χ4v) is 2.50. The molecule has 4 heteroatoms. The number of hydrogen-bond donors (Lipinski definition) is 2. The third-order valence-corrected chi connectivity index (χ3v) is 3.62. The van der Waals surface area contributed by atoms with Gasteiger partial charge in [0, 0.05) is 5.92 Å². The Kier molecular flexibility index (Phi) is 4.19. The zero-order valence-electron chi connectivity index (χ0n) is 7.53. The topological polar surface area (TPSA) is 46.2 Å². The van der Waals surface area contributed by atoms with Crippen LogP contribution in [0.25, 0.3) is 0 Å². The number of rotatable bonds is 4. The van der Waals surface area contributed by atoms with Crippen LogP contribution in [0.1, 0.15) is 24.3 Å². The average molecular weight is 220 g/mol. The van der Waals surface area contributed by atoms with Gasteiger partial charge in [-0.25, -0.2) is 0 Å². The van der Waals surface area contributed by atoms with Gasteiger partial charge in [0.15, 0.2) is 0 Å². The van der Waals surface area contributed by atoms with Crippen LogP contribution in [0.5, 0.6) is 0 Å². The summed E-state index contributed by atoms with van der Waals surface area (Å²) in [6.07, 6.45) is 0.355. The monoisotopic (exact) mass is 219 g/mol. The van der Waals surface area contributed by atoms with Crippen molar-refractivity contribution in [3.8, 4) is 0 Å². The summed E-state index contributed by atoms with van der Waals surface area (Å²) >= 11 is 7.38. The van der Waals surface area contributed by atoms with Gasteiger partial charge < -0.3 is 10.8 Å². The molecule has 0 aromatic carbocycles. The SMILES string of the molecule is CCC(CN)C(O)c1sccc1Cl. The molecule has 13 heavy (non-hydrogen) atoms. The van der Waals surface area contributed by atoms with Gasteiger partial charge in [-0.2, -0.15) is 0 Å². The second-order valence-electron chi connectivity index (χ2n) is 2.98. The van der Waals surface area contributed by atoms with Crippen molar-refractivity contribution in [2.75, 3.05) is 6.54 Å². The molecule has 0 radical (unpaired) electrons. The Morgan fingerprint density at radius 3 is 2.77 bits per heavy atom. The normalized spacial score (nSPS) is 15.7. The first-order valence-electron chi connectivity index (χ1n) is 4.31. The van der Waals surface area contributed by atoms with E-state index in [1.165, 1.54) is 11.3 Å². The molecule has 2 unspecified atom stereocenters. The smallest absolute Gasteiger partial charge is 0.0936 e. The molecule has 2 nitrogen and oxygen atoms in total. The quantitative estimate of drug-likeness (QED) is 0.817. The summed E-state index contributed by atoms with van der Waals surface area (Å²) in [6, 6.07) is 1.80. The highest BCUT2D eigenvalue weighted by Gasteiger charge is 2.20. The summed E-state index contributed by atoms with van der Waals surface area (Å²) < 4.78 is 0. The fourth-order valence-electron chi connectivity index (χ4n) is 1.25. The molecule has 0 aliphatic rings. The average Bonchev–Trinajstić information content (AvgIpc) is 2.53. The minimum Gasteiger partial charge on any atom is -0.387 e. The molecule has 0 amide bonds. The van der Waals surface area contributed by atoms with Crippen LogP contribution in [0.2, 0.25) is 5.02 Å². The van der Waals surface area contributed by atoms with Crippen molar-refractivity contribution in [3.63, 3.8) is 0 Å². The first-order chi connectivity index (χ1) is 6.20. The maximum Gasteiger partial charge on any atom is 0.0936 e. The Labute approximate surface area is 87.3 Å². The van der Waals surface area contributed by atoms with Gasteiger partial charge in [0.2, 0.25) is 0 Å².